The fraction of sp³-hybridized carbons (Fsp3) is 0.350. The predicted octanol–water partition coefficient (Wildman–Crippen LogP) is 4.61. The van der Waals surface area contributed by atoms with Crippen LogP contribution in [0.1, 0.15) is 38.0 Å². The molecule has 1 amide bonds. The molecule has 0 radical (unpaired) electrons. The zero-order valence-corrected chi connectivity index (χ0v) is 14.6. The maximum absolute atomic E-state index is 14.8. The molecular formula is C20H22FNO3. The van der Waals surface area contributed by atoms with Gasteiger partial charge in [0.25, 0.3) is 0 Å². The molecule has 132 valence electrons. The number of hydrogen-bond acceptors (Lipinski definition) is 3. The highest BCUT2D eigenvalue weighted by Gasteiger charge is 2.41. The van der Waals surface area contributed by atoms with E-state index in [9.17, 15) is 9.18 Å². The van der Waals surface area contributed by atoms with Crippen molar-refractivity contribution in [1.82, 2.24) is 0 Å². The van der Waals surface area contributed by atoms with E-state index >= 15 is 0 Å². The Balaban J connectivity index is 2.05. The largest absolute Gasteiger partial charge is 0.492 e. The van der Waals surface area contributed by atoms with E-state index in [0.29, 0.717) is 23.5 Å². The number of amides is 1. The summed E-state index contributed by atoms with van der Waals surface area (Å²) in [6.45, 7) is 6.19. The van der Waals surface area contributed by atoms with E-state index in [2.05, 4.69) is 6.92 Å². The molecule has 0 fully saturated rings. The molecule has 2 N–H and O–H groups in total. The first kappa shape index (κ1) is 17.3. The van der Waals surface area contributed by atoms with E-state index in [1.807, 2.05) is 38.1 Å². The summed E-state index contributed by atoms with van der Waals surface area (Å²) in [5, 5.41) is 0. The number of halogens is 1. The van der Waals surface area contributed by atoms with Crippen molar-refractivity contribution in [2.45, 2.75) is 33.3 Å². The maximum atomic E-state index is 14.8. The first-order valence-electron chi connectivity index (χ1n) is 8.33. The highest BCUT2D eigenvalue weighted by molar-refractivity contribution is 5.69. The van der Waals surface area contributed by atoms with Crippen molar-refractivity contribution in [3.05, 3.63) is 53.3 Å². The highest BCUT2D eigenvalue weighted by Crippen LogP contribution is 2.46. The lowest BCUT2D eigenvalue weighted by molar-refractivity contribution is -0.0178. The molecule has 0 aromatic heterocycles. The van der Waals surface area contributed by atoms with Crippen LogP contribution >= 0.6 is 0 Å². The summed E-state index contributed by atoms with van der Waals surface area (Å²) >= 11 is 0. The van der Waals surface area contributed by atoms with Gasteiger partial charge in [-0.2, -0.15) is 0 Å². The van der Waals surface area contributed by atoms with Gasteiger partial charge in [-0.15, -0.1) is 0 Å². The Hall–Kier alpha value is -2.56. The lowest BCUT2D eigenvalue weighted by Crippen LogP contribution is -2.37. The highest BCUT2D eigenvalue weighted by atomic mass is 19.1. The standard InChI is InChI=1S/C20H22FNO3/c1-4-12-5-7-13(8-6-12)14-10-17-15(9-16(14)21)18(25-19(22)23)20(2,3)11-24-17/h5-10,18H,4,11H2,1-3H3,(H2,22,23). The maximum Gasteiger partial charge on any atom is 0.405 e. The van der Waals surface area contributed by atoms with Gasteiger partial charge in [0.15, 0.2) is 0 Å². The second-order valence-corrected chi connectivity index (χ2v) is 7.01. The van der Waals surface area contributed by atoms with Gasteiger partial charge in [-0.05, 0) is 29.7 Å². The molecule has 2 aromatic carbocycles. The average Bonchev–Trinajstić information content (AvgIpc) is 2.57. The number of primary amides is 1. The molecule has 1 heterocycles. The third kappa shape index (κ3) is 3.31. The van der Waals surface area contributed by atoms with Gasteiger partial charge in [-0.1, -0.05) is 45.0 Å². The van der Waals surface area contributed by atoms with Crippen LogP contribution in [-0.4, -0.2) is 12.7 Å². The van der Waals surface area contributed by atoms with E-state index < -0.39 is 17.6 Å². The van der Waals surface area contributed by atoms with Crippen LogP contribution in [0.4, 0.5) is 9.18 Å². The molecule has 2 aromatic rings. The van der Waals surface area contributed by atoms with E-state index in [-0.39, 0.29) is 5.82 Å². The lowest BCUT2D eigenvalue weighted by Gasteiger charge is -2.38. The fourth-order valence-corrected chi connectivity index (χ4v) is 3.14. The number of rotatable bonds is 3. The first-order chi connectivity index (χ1) is 11.8. The van der Waals surface area contributed by atoms with Crippen molar-refractivity contribution < 1.29 is 18.7 Å². The Labute approximate surface area is 146 Å². The Bertz CT molecular complexity index is 799. The van der Waals surface area contributed by atoms with Gasteiger partial charge in [0.1, 0.15) is 17.7 Å². The van der Waals surface area contributed by atoms with E-state index in [1.165, 1.54) is 11.6 Å². The molecule has 1 aliphatic heterocycles. The number of carbonyl (C=O) groups is 1. The lowest BCUT2D eigenvalue weighted by atomic mass is 9.80. The second kappa shape index (κ2) is 6.39. The number of ether oxygens (including phenoxy) is 2. The van der Waals surface area contributed by atoms with E-state index in [1.54, 1.807) is 6.07 Å². The van der Waals surface area contributed by atoms with Crippen LogP contribution in [0.5, 0.6) is 5.75 Å². The number of benzene rings is 2. The summed E-state index contributed by atoms with van der Waals surface area (Å²) in [5.74, 6) is 0.129. The number of carbonyl (C=O) groups excluding carboxylic acids is 1. The van der Waals surface area contributed by atoms with Gasteiger partial charge in [0, 0.05) is 16.5 Å². The molecule has 0 saturated heterocycles. The van der Waals surface area contributed by atoms with Gasteiger partial charge < -0.3 is 15.2 Å². The third-order valence-corrected chi connectivity index (χ3v) is 4.60. The first-order valence-corrected chi connectivity index (χ1v) is 8.33. The smallest absolute Gasteiger partial charge is 0.405 e. The van der Waals surface area contributed by atoms with Gasteiger partial charge >= 0.3 is 6.09 Å². The molecule has 3 rings (SSSR count). The van der Waals surface area contributed by atoms with Gasteiger partial charge in [-0.25, -0.2) is 9.18 Å². The average molecular weight is 343 g/mol. The summed E-state index contributed by atoms with van der Waals surface area (Å²) in [6, 6.07) is 10.8. The van der Waals surface area contributed by atoms with E-state index in [4.69, 9.17) is 15.2 Å². The second-order valence-electron chi connectivity index (χ2n) is 7.01. The van der Waals surface area contributed by atoms with Crippen LogP contribution in [0, 0.1) is 11.2 Å². The Morgan fingerprint density at radius 3 is 2.60 bits per heavy atom. The minimum Gasteiger partial charge on any atom is -0.492 e. The normalized spacial score (nSPS) is 18.2. The van der Waals surface area contributed by atoms with Crippen molar-refractivity contribution in [3.63, 3.8) is 0 Å². The third-order valence-electron chi connectivity index (χ3n) is 4.60. The minimum absolute atomic E-state index is 0.345. The Morgan fingerprint density at radius 2 is 2.00 bits per heavy atom. The molecule has 0 aliphatic carbocycles. The van der Waals surface area contributed by atoms with Crippen molar-refractivity contribution in [2.75, 3.05) is 6.61 Å². The predicted molar refractivity (Wildman–Crippen MR) is 93.9 cm³/mol. The quantitative estimate of drug-likeness (QED) is 0.885. The molecule has 0 spiro atoms. The molecular weight excluding hydrogens is 321 g/mol. The molecule has 4 nitrogen and oxygen atoms in total. The van der Waals surface area contributed by atoms with Crippen LogP contribution in [0.3, 0.4) is 0 Å². The zero-order valence-electron chi connectivity index (χ0n) is 14.6. The van der Waals surface area contributed by atoms with E-state index in [0.717, 1.165) is 12.0 Å². The van der Waals surface area contributed by atoms with Crippen LogP contribution < -0.4 is 10.5 Å². The summed E-state index contributed by atoms with van der Waals surface area (Å²) in [4.78, 5) is 11.3. The van der Waals surface area contributed by atoms with Crippen molar-refractivity contribution in [2.24, 2.45) is 11.1 Å². The number of aryl methyl sites for hydroxylation is 1. The number of hydrogen-bond donors (Lipinski definition) is 1. The van der Waals surface area contributed by atoms with Crippen LogP contribution in [-0.2, 0) is 11.2 Å². The van der Waals surface area contributed by atoms with Crippen LogP contribution in [0.15, 0.2) is 36.4 Å². The van der Waals surface area contributed by atoms with Gasteiger partial charge in [0.05, 0.1) is 6.61 Å². The summed E-state index contributed by atoms with van der Waals surface area (Å²) in [5.41, 5.74) is 7.62. The summed E-state index contributed by atoms with van der Waals surface area (Å²) in [6.07, 6.45) is -0.609. The molecule has 25 heavy (non-hydrogen) atoms. The van der Waals surface area contributed by atoms with Crippen LogP contribution in [0.2, 0.25) is 0 Å². The molecule has 1 atom stereocenters. The van der Waals surface area contributed by atoms with Gasteiger partial charge in [-0.3, -0.25) is 0 Å². The Morgan fingerprint density at radius 1 is 1.32 bits per heavy atom. The Kier molecular flexibility index (Phi) is 4.41. The monoisotopic (exact) mass is 343 g/mol. The minimum atomic E-state index is -0.884. The molecule has 1 aliphatic rings. The molecule has 1 unspecified atom stereocenters. The number of nitrogens with two attached hydrogens (primary N) is 1. The molecule has 0 saturated carbocycles. The number of fused-ring (bicyclic) bond motifs is 1. The van der Waals surface area contributed by atoms with Crippen molar-refractivity contribution >= 4 is 6.09 Å². The fourth-order valence-electron chi connectivity index (χ4n) is 3.14. The zero-order chi connectivity index (χ0) is 18.2. The molecule has 0 bridgehead atoms. The molecule has 5 heteroatoms. The van der Waals surface area contributed by atoms with Crippen molar-refractivity contribution in [1.29, 1.82) is 0 Å². The topological polar surface area (TPSA) is 61.5 Å². The van der Waals surface area contributed by atoms with Crippen molar-refractivity contribution in [3.8, 4) is 16.9 Å². The SMILES string of the molecule is CCc1ccc(-c2cc3c(cc2F)C(OC(N)=O)C(C)(C)CO3)cc1. The summed E-state index contributed by atoms with van der Waals surface area (Å²) < 4.78 is 25.9. The van der Waals surface area contributed by atoms with Gasteiger partial charge in [0.2, 0.25) is 0 Å². The summed E-state index contributed by atoms with van der Waals surface area (Å²) in [7, 11) is 0. The van der Waals surface area contributed by atoms with Crippen LogP contribution in [0.25, 0.3) is 11.1 Å².